The van der Waals surface area contributed by atoms with E-state index in [2.05, 4.69) is 5.32 Å². The fourth-order valence-corrected chi connectivity index (χ4v) is 2.07. The minimum atomic E-state index is -0.574. The van der Waals surface area contributed by atoms with Crippen molar-refractivity contribution in [3.05, 3.63) is 77.9 Å². The monoisotopic (exact) mass is 327 g/mol. The van der Waals surface area contributed by atoms with Gasteiger partial charge >= 0.3 is 6.09 Å². The van der Waals surface area contributed by atoms with Crippen LogP contribution in [0.15, 0.2) is 66.7 Å². The molecule has 0 saturated carbocycles. The molecule has 0 atom stereocenters. The Hall–Kier alpha value is -2.63. The lowest BCUT2D eigenvalue weighted by molar-refractivity contribution is -0.0664. The van der Waals surface area contributed by atoms with Crippen LogP contribution in [0.5, 0.6) is 0 Å². The van der Waals surface area contributed by atoms with Gasteiger partial charge in [-0.3, -0.25) is 5.32 Å². The van der Waals surface area contributed by atoms with Crippen LogP contribution in [-0.2, 0) is 20.8 Å². The fraction of sp³-hybridized carbons (Fsp3) is 0.211. The van der Waals surface area contributed by atoms with Crippen molar-refractivity contribution >= 4 is 11.8 Å². The van der Waals surface area contributed by atoms with Gasteiger partial charge in [-0.2, -0.15) is 0 Å². The minimum absolute atomic E-state index is 0.201. The zero-order valence-corrected chi connectivity index (χ0v) is 13.8. The first kappa shape index (κ1) is 17.7. The van der Waals surface area contributed by atoms with Gasteiger partial charge in [-0.05, 0) is 17.2 Å². The topological polar surface area (TPSA) is 56.8 Å². The molecule has 0 saturated heterocycles. The summed E-state index contributed by atoms with van der Waals surface area (Å²) in [5.41, 5.74) is 2.31. The fourth-order valence-electron chi connectivity index (χ4n) is 2.07. The van der Waals surface area contributed by atoms with E-state index >= 15 is 0 Å². The molecule has 1 N–H and O–H groups in total. The number of carbonyl (C=O) groups excluding carboxylic acids is 1. The van der Waals surface area contributed by atoms with Crippen LogP contribution < -0.4 is 5.32 Å². The Morgan fingerprint density at radius 2 is 1.58 bits per heavy atom. The molecule has 0 unspecified atom stereocenters. The SMILES string of the molecule is COC(/C=C(\NC(=O)OCc1ccccc1)c1ccccc1)OC. The number of hydrogen-bond donors (Lipinski definition) is 1. The number of benzene rings is 2. The second-order valence-electron chi connectivity index (χ2n) is 4.97. The summed E-state index contributed by atoms with van der Waals surface area (Å²) in [5, 5.41) is 2.74. The number of ether oxygens (including phenoxy) is 3. The molecule has 2 aromatic rings. The summed E-state index contributed by atoms with van der Waals surface area (Å²) in [5.74, 6) is 0. The maximum atomic E-state index is 12.1. The molecule has 0 aliphatic heterocycles. The summed E-state index contributed by atoms with van der Waals surface area (Å²) in [7, 11) is 3.06. The molecule has 5 nitrogen and oxygen atoms in total. The molecule has 0 aliphatic carbocycles. The molecule has 0 radical (unpaired) electrons. The molecular weight excluding hydrogens is 306 g/mol. The van der Waals surface area contributed by atoms with Crippen molar-refractivity contribution in [1.82, 2.24) is 5.32 Å². The van der Waals surface area contributed by atoms with E-state index in [0.717, 1.165) is 11.1 Å². The number of rotatable bonds is 7. The largest absolute Gasteiger partial charge is 0.444 e. The second kappa shape index (κ2) is 9.50. The molecule has 0 bridgehead atoms. The van der Waals surface area contributed by atoms with Crippen molar-refractivity contribution in [3.8, 4) is 0 Å². The van der Waals surface area contributed by atoms with Crippen LogP contribution in [0.2, 0.25) is 0 Å². The Morgan fingerprint density at radius 3 is 2.17 bits per heavy atom. The van der Waals surface area contributed by atoms with Crippen LogP contribution in [0.3, 0.4) is 0 Å². The molecule has 126 valence electrons. The molecule has 2 aromatic carbocycles. The lowest BCUT2D eigenvalue weighted by Crippen LogP contribution is -2.24. The van der Waals surface area contributed by atoms with Gasteiger partial charge < -0.3 is 14.2 Å². The van der Waals surface area contributed by atoms with Crippen molar-refractivity contribution in [2.75, 3.05) is 14.2 Å². The summed E-state index contributed by atoms with van der Waals surface area (Å²) >= 11 is 0. The Kier molecular flexibility index (Phi) is 7.01. The van der Waals surface area contributed by atoms with Gasteiger partial charge in [0.15, 0.2) is 6.29 Å². The van der Waals surface area contributed by atoms with Gasteiger partial charge in [-0.1, -0.05) is 60.7 Å². The second-order valence-corrected chi connectivity index (χ2v) is 4.97. The molecule has 0 fully saturated rings. The number of amides is 1. The van der Waals surface area contributed by atoms with E-state index in [1.807, 2.05) is 60.7 Å². The molecule has 24 heavy (non-hydrogen) atoms. The molecule has 0 aliphatic rings. The highest BCUT2D eigenvalue weighted by Crippen LogP contribution is 2.13. The van der Waals surface area contributed by atoms with Crippen LogP contribution in [0, 0.1) is 0 Å². The van der Waals surface area contributed by atoms with E-state index in [9.17, 15) is 4.79 Å². The molecule has 0 spiro atoms. The maximum Gasteiger partial charge on any atom is 0.411 e. The Balaban J connectivity index is 2.06. The number of hydrogen-bond acceptors (Lipinski definition) is 4. The van der Waals surface area contributed by atoms with Gasteiger partial charge in [0, 0.05) is 14.2 Å². The molecule has 0 aromatic heterocycles. The summed E-state index contributed by atoms with van der Waals surface area (Å²) in [6.07, 6.45) is 0.564. The van der Waals surface area contributed by atoms with Gasteiger partial charge in [-0.15, -0.1) is 0 Å². The average Bonchev–Trinajstić information content (AvgIpc) is 2.65. The van der Waals surface area contributed by atoms with Crippen molar-refractivity contribution < 1.29 is 19.0 Å². The van der Waals surface area contributed by atoms with Gasteiger partial charge in [-0.25, -0.2) is 4.79 Å². The molecule has 0 heterocycles. The van der Waals surface area contributed by atoms with E-state index in [1.165, 1.54) is 14.2 Å². The van der Waals surface area contributed by atoms with Gasteiger partial charge in [0.2, 0.25) is 0 Å². The van der Waals surface area contributed by atoms with E-state index in [-0.39, 0.29) is 6.61 Å². The highest BCUT2D eigenvalue weighted by atomic mass is 16.7. The summed E-state index contributed by atoms with van der Waals surface area (Å²) in [6.45, 7) is 0.201. The highest BCUT2D eigenvalue weighted by molar-refractivity contribution is 5.81. The van der Waals surface area contributed by atoms with Gasteiger partial charge in [0.1, 0.15) is 6.61 Å². The molecule has 1 amide bonds. The van der Waals surface area contributed by atoms with Crippen LogP contribution in [0.25, 0.3) is 5.70 Å². The van der Waals surface area contributed by atoms with Gasteiger partial charge in [0.25, 0.3) is 0 Å². The van der Waals surface area contributed by atoms with Crippen LogP contribution in [0.1, 0.15) is 11.1 Å². The van der Waals surface area contributed by atoms with Crippen molar-refractivity contribution in [2.24, 2.45) is 0 Å². The maximum absolute atomic E-state index is 12.1. The van der Waals surface area contributed by atoms with E-state index in [1.54, 1.807) is 6.08 Å². The van der Waals surface area contributed by atoms with E-state index < -0.39 is 12.4 Å². The third-order valence-corrected chi connectivity index (χ3v) is 3.30. The summed E-state index contributed by atoms with van der Waals surface area (Å²) in [6, 6.07) is 18.9. The van der Waals surface area contributed by atoms with Crippen molar-refractivity contribution in [2.45, 2.75) is 12.9 Å². The Bertz CT molecular complexity index is 652. The van der Waals surface area contributed by atoms with Crippen LogP contribution in [-0.4, -0.2) is 26.6 Å². The lowest BCUT2D eigenvalue weighted by atomic mass is 10.1. The highest BCUT2D eigenvalue weighted by Gasteiger charge is 2.11. The number of carbonyl (C=O) groups is 1. The molecule has 2 rings (SSSR count). The van der Waals surface area contributed by atoms with E-state index in [0.29, 0.717) is 5.70 Å². The number of alkyl carbamates (subject to hydrolysis) is 1. The number of methoxy groups -OCH3 is 2. The zero-order chi connectivity index (χ0) is 17.2. The Labute approximate surface area is 141 Å². The molecular formula is C19H21NO4. The summed E-state index contributed by atoms with van der Waals surface area (Å²) in [4.78, 5) is 12.1. The summed E-state index contributed by atoms with van der Waals surface area (Å²) < 4.78 is 15.6. The first-order chi connectivity index (χ1) is 11.7. The smallest absolute Gasteiger partial charge is 0.411 e. The zero-order valence-electron chi connectivity index (χ0n) is 13.8. The minimum Gasteiger partial charge on any atom is -0.444 e. The van der Waals surface area contributed by atoms with E-state index in [4.69, 9.17) is 14.2 Å². The third kappa shape index (κ3) is 5.53. The predicted octanol–water partition coefficient (Wildman–Crippen LogP) is 3.57. The number of nitrogens with one attached hydrogen (secondary N) is 1. The Morgan fingerprint density at radius 1 is 1.00 bits per heavy atom. The first-order valence-corrected chi connectivity index (χ1v) is 7.53. The normalized spacial score (nSPS) is 11.4. The first-order valence-electron chi connectivity index (χ1n) is 7.53. The van der Waals surface area contributed by atoms with Gasteiger partial charge in [0.05, 0.1) is 5.70 Å². The van der Waals surface area contributed by atoms with Crippen LogP contribution >= 0.6 is 0 Å². The lowest BCUT2D eigenvalue weighted by Gasteiger charge is -2.14. The predicted molar refractivity (Wildman–Crippen MR) is 92.0 cm³/mol. The molecule has 5 heteroatoms. The van der Waals surface area contributed by atoms with Crippen LogP contribution in [0.4, 0.5) is 4.79 Å². The standard InChI is InChI=1S/C19H21NO4/c1-22-18(23-2)13-17(16-11-7-4-8-12-16)20-19(21)24-14-15-9-5-3-6-10-15/h3-13,18H,14H2,1-2H3,(H,20,21)/b17-13-. The quantitative estimate of drug-likeness (QED) is 0.790. The third-order valence-electron chi connectivity index (χ3n) is 3.30. The van der Waals surface area contributed by atoms with Crippen molar-refractivity contribution in [3.63, 3.8) is 0 Å². The average molecular weight is 327 g/mol. The van der Waals surface area contributed by atoms with Crippen molar-refractivity contribution in [1.29, 1.82) is 0 Å².